The maximum Gasteiger partial charge on any atom is 0.326 e. The summed E-state index contributed by atoms with van der Waals surface area (Å²) in [5, 5.41) is 16.5. The zero-order valence-corrected chi connectivity index (χ0v) is 17.7. The lowest BCUT2D eigenvalue weighted by atomic mass is 10.0. The summed E-state index contributed by atoms with van der Waals surface area (Å²) >= 11 is 8.08. The maximum absolute atomic E-state index is 12.4. The number of rotatable bonds is 11. The quantitative estimate of drug-likeness (QED) is 0.213. The number of thiol groups is 2. The maximum atomic E-state index is 12.4. The Kier molecular flexibility index (Phi) is 11.4. The predicted molar refractivity (Wildman–Crippen MR) is 109 cm³/mol. The molecule has 27 heavy (non-hydrogen) atoms. The highest BCUT2D eigenvalue weighted by atomic mass is 32.1. The smallest absolute Gasteiger partial charge is 0.326 e. The Morgan fingerprint density at radius 2 is 1.22 bits per heavy atom. The minimum absolute atomic E-state index is 0.00690. The van der Waals surface area contributed by atoms with Crippen LogP contribution in [0.25, 0.3) is 0 Å². The molecule has 0 radical (unpaired) electrons. The average molecular weight is 423 g/mol. The third-order valence-corrected chi connectivity index (χ3v) is 4.61. The normalized spacial score (nSPS) is 15.6. The molecule has 156 valence electrons. The zero-order chi connectivity index (χ0) is 21.3. The van der Waals surface area contributed by atoms with Crippen LogP contribution in [0, 0.1) is 11.8 Å². The molecular formula is C16H30N4O5S2. The summed E-state index contributed by atoms with van der Waals surface area (Å²) in [5.41, 5.74) is 5.75. The summed E-state index contributed by atoms with van der Waals surface area (Å²) < 4.78 is 0. The molecule has 0 saturated carbocycles. The number of nitrogens with one attached hydrogen (secondary N) is 3. The van der Waals surface area contributed by atoms with Crippen molar-refractivity contribution in [2.45, 2.75) is 51.9 Å². The molecule has 0 bridgehead atoms. The Labute approximate surface area is 170 Å². The van der Waals surface area contributed by atoms with Crippen LogP contribution >= 0.6 is 25.3 Å². The van der Waals surface area contributed by atoms with Crippen LogP contribution in [-0.2, 0) is 19.2 Å². The fraction of sp³-hybridized carbons (Fsp3) is 0.750. The second kappa shape index (κ2) is 12.1. The predicted octanol–water partition coefficient (Wildman–Crippen LogP) is -0.976. The molecule has 0 spiro atoms. The topological polar surface area (TPSA) is 151 Å². The van der Waals surface area contributed by atoms with Gasteiger partial charge in [-0.3, -0.25) is 14.4 Å². The second-order valence-corrected chi connectivity index (χ2v) is 7.56. The molecular weight excluding hydrogens is 392 g/mol. The van der Waals surface area contributed by atoms with E-state index < -0.39 is 47.9 Å². The molecule has 3 amide bonds. The SMILES string of the molecule is CC(C)C(N)C(=O)NC(CS)C(=O)NC(CS)C(=O)NC(C(=O)O)C(C)C. The molecule has 0 fully saturated rings. The van der Waals surface area contributed by atoms with Gasteiger partial charge in [-0.2, -0.15) is 25.3 Å². The number of carbonyl (C=O) groups is 4. The van der Waals surface area contributed by atoms with Crippen LogP contribution in [0.15, 0.2) is 0 Å². The Balaban J connectivity index is 5.00. The van der Waals surface area contributed by atoms with E-state index in [4.69, 9.17) is 10.8 Å². The monoisotopic (exact) mass is 422 g/mol. The number of amides is 3. The molecule has 4 unspecified atom stereocenters. The van der Waals surface area contributed by atoms with Gasteiger partial charge in [-0.05, 0) is 11.8 Å². The fourth-order valence-electron chi connectivity index (χ4n) is 2.00. The Bertz CT molecular complexity index is 545. The lowest BCUT2D eigenvalue weighted by molar-refractivity contribution is -0.143. The molecule has 0 saturated heterocycles. The van der Waals surface area contributed by atoms with Gasteiger partial charge in [-0.1, -0.05) is 27.7 Å². The van der Waals surface area contributed by atoms with Gasteiger partial charge in [-0.25, -0.2) is 4.79 Å². The Morgan fingerprint density at radius 3 is 1.56 bits per heavy atom. The second-order valence-electron chi connectivity index (χ2n) is 6.83. The number of carboxylic acid groups (broad SMARTS) is 1. The van der Waals surface area contributed by atoms with Crippen molar-refractivity contribution in [2.24, 2.45) is 17.6 Å². The standard InChI is InChI=1S/C16H30N4O5S2/c1-7(2)11(17)15(23)19-9(5-26)13(21)18-10(6-27)14(22)20-12(8(3)4)16(24)25/h7-12,26-27H,5-6,17H2,1-4H3,(H,18,21)(H,19,23)(H,20,22)(H,24,25). The molecule has 0 heterocycles. The lowest BCUT2D eigenvalue weighted by Gasteiger charge is -2.25. The number of hydrogen-bond donors (Lipinski definition) is 7. The van der Waals surface area contributed by atoms with Gasteiger partial charge in [0.1, 0.15) is 18.1 Å². The van der Waals surface area contributed by atoms with E-state index >= 15 is 0 Å². The van der Waals surface area contributed by atoms with Gasteiger partial charge >= 0.3 is 5.97 Å². The van der Waals surface area contributed by atoms with E-state index in [-0.39, 0.29) is 23.3 Å². The minimum Gasteiger partial charge on any atom is -0.480 e. The van der Waals surface area contributed by atoms with Crippen LogP contribution in [0.4, 0.5) is 0 Å². The van der Waals surface area contributed by atoms with Crippen LogP contribution in [0.3, 0.4) is 0 Å². The summed E-state index contributed by atoms with van der Waals surface area (Å²) in [5.74, 6) is -3.52. The molecule has 4 atom stereocenters. The first-order chi connectivity index (χ1) is 12.5. The van der Waals surface area contributed by atoms with E-state index in [1.165, 1.54) is 0 Å². The van der Waals surface area contributed by atoms with Gasteiger partial charge in [0.05, 0.1) is 6.04 Å². The average Bonchev–Trinajstić information content (AvgIpc) is 2.59. The van der Waals surface area contributed by atoms with Crippen molar-refractivity contribution in [3.05, 3.63) is 0 Å². The van der Waals surface area contributed by atoms with Crippen molar-refractivity contribution in [3.63, 3.8) is 0 Å². The van der Waals surface area contributed by atoms with Crippen LogP contribution in [0.2, 0.25) is 0 Å². The molecule has 0 aliphatic heterocycles. The summed E-state index contributed by atoms with van der Waals surface area (Å²) in [4.78, 5) is 47.9. The lowest BCUT2D eigenvalue weighted by Crippen LogP contribution is -2.59. The first-order valence-electron chi connectivity index (χ1n) is 8.57. The molecule has 0 aromatic rings. The van der Waals surface area contributed by atoms with E-state index in [0.29, 0.717) is 0 Å². The highest BCUT2D eigenvalue weighted by Gasteiger charge is 2.30. The van der Waals surface area contributed by atoms with Gasteiger partial charge in [0.15, 0.2) is 0 Å². The van der Waals surface area contributed by atoms with Crippen molar-refractivity contribution in [1.29, 1.82) is 0 Å². The largest absolute Gasteiger partial charge is 0.480 e. The van der Waals surface area contributed by atoms with Crippen LogP contribution in [0.5, 0.6) is 0 Å². The van der Waals surface area contributed by atoms with Crippen molar-refractivity contribution in [2.75, 3.05) is 11.5 Å². The fourth-order valence-corrected chi connectivity index (χ4v) is 2.51. The molecule has 6 N–H and O–H groups in total. The minimum atomic E-state index is -1.18. The van der Waals surface area contributed by atoms with Gasteiger partial charge in [-0.15, -0.1) is 0 Å². The third kappa shape index (κ3) is 8.39. The van der Waals surface area contributed by atoms with Crippen molar-refractivity contribution in [3.8, 4) is 0 Å². The van der Waals surface area contributed by atoms with Crippen LogP contribution < -0.4 is 21.7 Å². The van der Waals surface area contributed by atoms with Crippen molar-refractivity contribution >= 4 is 48.9 Å². The molecule has 0 aliphatic rings. The van der Waals surface area contributed by atoms with E-state index in [1.54, 1.807) is 27.7 Å². The first-order valence-corrected chi connectivity index (χ1v) is 9.83. The molecule has 11 heteroatoms. The zero-order valence-electron chi connectivity index (χ0n) is 15.9. The number of hydrogen-bond acceptors (Lipinski definition) is 7. The van der Waals surface area contributed by atoms with Crippen molar-refractivity contribution in [1.82, 2.24) is 16.0 Å². The van der Waals surface area contributed by atoms with E-state index in [1.807, 2.05) is 0 Å². The summed E-state index contributed by atoms with van der Waals surface area (Å²) in [6, 6.07) is -3.95. The summed E-state index contributed by atoms with van der Waals surface area (Å²) in [6.45, 7) is 6.85. The van der Waals surface area contributed by atoms with Gasteiger partial charge < -0.3 is 26.8 Å². The molecule has 0 rings (SSSR count). The van der Waals surface area contributed by atoms with E-state index in [9.17, 15) is 19.2 Å². The van der Waals surface area contributed by atoms with Crippen LogP contribution in [-0.4, -0.2) is 64.5 Å². The number of aliphatic carboxylic acids is 1. The van der Waals surface area contributed by atoms with E-state index in [0.717, 1.165) is 0 Å². The van der Waals surface area contributed by atoms with Crippen LogP contribution in [0.1, 0.15) is 27.7 Å². The first kappa shape index (κ1) is 25.5. The summed E-state index contributed by atoms with van der Waals surface area (Å²) in [7, 11) is 0. The third-order valence-electron chi connectivity index (χ3n) is 3.88. The summed E-state index contributed by atoms with van der Waals surface area (Å²) in [6.07, 6.45) is 0. The van der Waals surface area contributed by atoms with E-state index in [2.05, 4.69) is 41.2 Å². The molecule has 0 aromatic carbocycles. The van der Waals surface area contributed by atoms with Gasteiger partial charge in [0.25, 0.3) is 0 Å². The van der Waals surface area contributed by atoms with Gasteiger partial charge in [0.2, 0.25) is 17.7 Å². The Hall–Kier alpha value is -1.46. The van der Waals surface area contributed by atoms with Gasteiger partial charge in [0, 0.05) is 11.5 Å². The van der Waals surface area contributed by atoms with Crippen molar-refractivity contribution < 1.29 is 24.3 Å². The highest BCUT2D eigenvalue weighted by Crippen LogP contribution is 2.04. The number of carbonyl (C=O) groups excluding carboxylic acids is 3. The molecule has 0 aliphatic carbocycles. The molecule has 9 nitrogen and oxygen atoms in total. The number of carboxylic acids is 1. The number of nitrogens with two attached hydrogens (primary N) is 1. The highest BCUT2D eigenvalue weighted by molar-refractivity contribution is 7.80. The Morgan fingerprint density at radius 1 is 0.815 bits per heavy atom. The molecule has 0 aromatic heterocycles.